The van der Waals surface area contributed by atoms with Crippen LogP contribution in [0.1, 0.15) is 44.1 Å². The lowest BCUT2D eigenvalue weighted by Crippen LogP contribution is -2.30. The van der Waals surface area contributed by atoms with E-state index in [0.29, 0.717) is 66.0 Å². The van der Waals surface area contributed by atoms with Gasteiger partial charge in [0.15, 0.2) is 5.65 Å². The van der Waals surface area contributed by atoms with Crippen molar-refractivity contribution in [1.82, 2.24) is 39.1 Å². The molecule has 1 saturated carbocycles. The summed E-state index contributed by atoms with van der Waals surface area (Å²) in [5, 5.41) is 10.4. The molecule has 11 nitrogen and oxygen atoms in total. The van der Waals surface area contributed by atoms with E-state index in [1.165, 1.54) is 18.5 Å². The van der Waals surface area contributed by atoms with E-state index in [0.717, 1.165) is 18.4 Å². The van der Waals surface area contributed by atoms with Crippen LogP contribution < -0.4 is 11.3 Å². The third-order valence-electron chi connectivity index (χ3n) is 7.45. The van der Waals surface area contributed by atoms with Gasteiger partial charge < -0.3 is 10.5 Å². The highest BCUT2D eigenvalue weighted by Gasteiger charge is 2.30. The van der Waals surface area contributed by atoms with Crippen molar-refractivity contribution in [3.63, 3.8) is 0 Å². The van der Waals surface area contributed by atoms with Crippen LogP contribution >= 0.6 is 0 Å². The van der Waals surface area contributed by atoms with E-state index in [1.54, 1.807) is 21.5 Å². The first-order chi connectivity index (χ1) is 18.5. The summed E-state index contributed by atoms with van der Waals surface area (Å²) in [6, 6.07) is 3.91. The largest absolute Gasteiger partial charge is 0.383 e. The average Bonchev–Trinajstić information content (AvgIpc) is 3.43. The van der Waals surface area contributed by atoms with Gasteiger partial charge in [0, 0.05) is 18.3 Å². The Morgan fingerprint density at radius 3 is 2.82 bits per heavy atom. The number of nitrogens with zero attached hydrogens (tertiary/aromatic N) is 8. The molecular formula is C26H26FN9O2. The molecule has 0 spiro atoms. The number of rotatable bonds is 7. The normalized spacial score (nSPS) is 16.8. The van der Waals surface area contributed by atoms with E-state index < -0.39 is 11.9 Å². The predicted octanol–water partition coefficient (Wildman–Crippen LogP) is 3.10. The van der Waals surface area contributed by atoms with Gasteiger partial charge in [-0.05, 0) is 43.4 Å². The zero-order valence-corrected chi connectivity index (χ0v) is 20.8. The van der Waals surface area contributed by atoms with Crippen molar-refractivity contribution in [3.8, 4) is 11.3 Å². The van der Waals surface area contributed by atoms with Crippen molar-refractivity contribution >= 4 is 27.8 Å². The van der Waals surface area contributed by atoms with Gasteiger partial charge in [0.2, 0.25) is 0 Å². The fraction of sp³-hybridized carbons (Fsp3) is 0.385. The summed E-state index contributed by atoms with van der Waals surface area (Å²) in [5.41, 5.74) is 8.50. The highest BCUT2D eigenvalue weighted by molar-refractivity contribution is 5.98. The molecule has 1 atom stereocenters. The van der Waals surface area contributed by atoms with Crippen LogP contribution in [0.25, 0.3) is 33.2 Å². The maximum absolute atomic E-state index is 14.0. The number of halogens is 1. The Balaban J connectivity index is 1.43. The van der Waals surface area contributed by atoms with Crippen LogP contribution in [0.5, 0.6) is 0 Å². The summed E-state index contributed by atoms with van der Waals surface area (Å²) in [4.78, 5) is 27.3. The molecular weight excluding hydrogens is 489 g/mol. The number of nitrogen functional groups attached to an aromatic ring is 1. The minimum atomic E-state index is -0.460. The number of aromatic nitrogens is 8. The summed E-state index contributed by atoms with van der Waals surface area (Å²) < 4.78 is 24.7. The number of fused-ring (bicyclic) bond motifs is 2. The van der Waals surface area contributed by atoms with Gasteiger partial charge in [0.25, 0.3) is 5.56 Å². The second kappa shape index (κ2) is 8.69. The maximum Gasteiger partial charge on any atom is 0.261 e. The Morgan fingerprint density at radius 2 is 2.08 bits per heavy atom. The van der Waals surface area contributed by atoms with Crippen LogP contribution in [-0.2, 0) is 11.3 Å². The molecule has 5 aromatic rings. The standard InChI is InChI=1S/C26H26FN9O2/c1-2-20(24-32-19-6-5-16(27)7-18(19)26(37)34(24)9-14-3-4-14)36-25-21(23(28)29-13-30-25)22(33-36)15-8-31-35(10-15)17-11-38-12-17/h5-8,10,13-14,17,20H,2-4,9,11-12H2,1H3,(H2,28,29,30)/t20-/m0/s1. The van der Waals surface area contributed by atoms with Crippen molar-refractivity contribution in [2.24, 2.45) is 5.92 Å². The van der Waals surface area contributed by atoms with Crippen molar-refractivity contribution < 1.29 is 9.13 Å². The number of ether oxygens (including phenoxy) is 1. The van der Waals surface area contributed by atoms with Gasteiger partial charge in [-0.2, -0.15) is 10.2 Å². The SMILES string of the molecule is CC[C@@H](c1nc2ccc(F)cc2c(=O)n1CC1CC1)n1nc(-c2cnn(C3COC3)c2)c2c(N)ncnc21. The Labute approximate surface area is 216 Å². The number of hydrogen-bond donors (Lipinski definition) is 1. The monoisotopic (exact) mass is 515 g/mol. The molecule has 12 heteroatoms. The molecule has 0 radical (unpaired) electrons. The molecule has 194 valence electrons. The first-order valence-corrected chi connectivity index (χ1v) is 12.8. The van der Waals surface area contributed by atoms with Crippen molar-refractivity contribution in [2.45, 2.75) is 44.8 Å². The smallest absolute Gasteiger partial charge is 0.261 e. The molecule has 2 aliphatic rings. The Bertz CT molecular complexity index is 1750. The van der Waals surface area contributed by atoms with E-state index in [9.17, 15) is 9.18 Å². The molecule has 1 aliphatic heterocycles. The number of anilines is 1. The molecule has 0 bridgehead atoms. The van der Waals surface area contributed by atoms with Crippen molar-refractivity contribution in [2.75, 3.05) is 18.9 Å². The lowest BCUT2D eigenvalue weighted by atomic mass is 10.1. The van der Waals surface area contributed by atoms with Crippen LogP contribution in [0.2, 0.25) is 0 Å². The van der Waals surface area contributed by atoms with Crippen LogP contribution in [0.3, 0.4) is 0 Å². The zero-order chi connectivity index (χ0) is 26.0. The molecule has 38 heavy (non-hydrogen) atoms. The molecule has 1 aliphatic carbocycles. The summed E-state index contributed by atoms with van der Waals surface area (Å²) in [6.45, 7) is 3.79. The third kappa shape index (κ3) is 3.66. The molecule has 2 N–H and O–H groups in total. The lowest BCUT2D eigenvalue weighted by Gasteiger charge is -2.25. The third-order valence-corrected chi connectivity index (χ3v) is 7.45. The number of hydrogen-bond acceptors (Lipinski definition) is 8. The summed E-state index contributed by atoms with van der Waals surface area (Å²) >= 11 is 0. The topological polar surface area (TPSA) is 132 Å². The van der Waals surface area contributed by atoms with Gasteiger partial charge in [-0.15, -0.1) is 0 Å². The van der Waals surface area contributed by atoms with Crippen LogP contribution in [0, 0.1) is 11.7 Å². The Kier molecular flexibility index (Phi) is 5.25. The van der Waals surface area contributed by atoms with Crippen LogP contribution in [0.4, 0.5) is 10.2 Å². The Hall–Kier alpha value is -4.19. The fourth-order valence-electron chi connectivity index (χ4n) is 5.12. The molecule has 4 aromatic heterocycles. The number of nitrogens with two attached hydrogens (primary N) is 1. The van der Waals surface area contributed by atoms with Crippen LogP contribution in [-0.4, -0.2) is 52.3 Å². The zero-order valence-electron chi connectivity index (χ0n) is 20.8. The minimum absolute atomic E-state index is 0.192. The maximum atomic E-state index is 14.0. The molecule has 0 unspecified atom stereocenters. The number of benzene rings is 1. The second-order valence-corrected chi connectivity index (χ2v) is 10.1. The molecule has 1 aromatic carbocycles. The fourth-order valence-corrected chi connectivity index (χ4v) is 5.12. The average molecular weight is 516 g/mol. The first kappa shape index (κ1) is 23.0. The summed E-state index contributed by atoms with van der Waals surface area (Å²) in [7, 11) is 0. The predicted molar refractivity (Wildman–Crippen MR) is 138 cm³/mol. The van der Waals surface area contributed by atoms with Gasteiger partial charge in [0.1, 0.15) is 35.5 Å². The summed E-state index contributed by atoms with van der Waals surface area (Å²) in [6.07, 6.45) is 7.79. The van der Waals surface area contributed by atoms with E-state index in [4.69, 9.17) is 20.6 Å². The van der Waals surface area contributed by atoms with Gasteiger partial charge in [-0.1, -0.05) is 6.92 Å². The Morgan fingerprint density at radius 1 is 1.24 bits per heavy atom. The van der Waals surface area contributed by atoms with Gasteiger partial charge in [-0.3, -0.25) is 14.0 Å². The molecule has 5 heterocycles. The minimum Gasteiger partial charge on any atom is -0.383 e. The van der Waals surface area contributed by atoms with Gasteiger partial charge in [0.05, 0.1) is 41.7 Å². The van der Waals surface area contributed by atoms with Gasteiger partial charge >= 0.3 is 0 Å². The molecule has 2 fully saturated rings. The summed E-state index contributed by atoms with van der Waals surface area (Å²) in [5.74, 6) is 0.821. The van der Waals surface area contributed by atoms with Crippen molar-refractivity contribution in [3.05, 3.63) is 58.9 Å². The molecule has 1 saturated heterocycles. The van der Waals surface area contributed by atoms with Crippen molar-refractivity contribution in [1.29, 1.82) is 0 Å². The van der Waals surface area contributed by atoms with E-state index in [-0.39, 0.29) is 17.0 Å². The van der Waals surface area contributed by atoms with E-state index >= 15 is 0 Å². The van der Waals surface area contributed by atoms with E-state index in [2.05, 4.69) is 15.1 Å². The lowest BCUT2D eigenvalue weighted by molar-refractivity contribution is -0.0286. The second-order valence-electron chi connectivity index (χ2n) is 10.1. The van der Waals surface area contributed by atoms with E-state index in [1.807, 2.05) is 17.8 Å². The van der Waals surface area contributed by atoms with Gasteiger partial charge in [-0.25, -0.2) is 24.0 Å². The quantitative estimate of drug-likeness (QED) is 0.350. The molecule has 7 rings (SSSR count). The molecule has 0 amide bonds. The highest BCUT2D eigenvalue weighted by atomic mass is 19.1. The highest BCUT2D eigenvalue weighted by Crippen LogP contribution is 2.36. The van der Waals surface area contributed by atoms with Crippen LogP contribution in [0.15, 0.2) is 41.7 Å². The first-order valence-electron chi connectivity index (χ1n) is 12.8.